The number of rotatable bonds is 8. The zero-order chi connectivity index (χ0) is 20.8. The molecule has 0 aliphatic rings. The Balaban J connectivity index is 1.49. The lowest BCUT2D eigenvalue weighted by Crippen LogP contribution is -2.30. The number of nitrogens with one attached hydrogen (secondary N) is 1. The number of carbonyl (C=O) groups is 3. The molecule has 8 heteroatoms. The summed E-state index contributed by atoms with van der Waals surface area (Å²) in [6.07, 6.45) is -0.580. The van der Waals surface area contributed by atoms with Crippen LogP contribution in [0.1, 0.15) is 29.5 Å². The second-order valence-corrected chi connectivity index (χ2v) is 7.20. The first-order valence-electron chi connectivity index (χ1n) is 8.96. The highest BCUT2D eigenvalue weighted by Gasteiger charge is 2.21. The third-order valence-corrected chi connectivity index (χ3v) is 4.97. The van der Waals surface area contributed by atoms with E-state index in [1.807, 2.05) is 42.5 Å². The van der Waals surface area contributed by atoms with E-state index in [0.29, 0.717) is 17.2 Å². The van der Waals surface area contributed by atoms with Crippen molar-refractivity contribution in [1.29, 1.82) is 0 Å². The normalized spacial score (nSPS) is 11.6. The van der Waals surface area contributed by atoms with E-state index in [2.05, 4.69) is 5.32 Å². The van der Waals surface area contributed by atoms with Crippen molar-refractivity contribution in [2.45, 2.75) is 25.9 Å². The molecule has 3 rings (SSSR count). The molecule has 0 fully saturated rings. The number of primary amides is 1. The van der Waals surface area contributed by atoms with Gasteiger partial charge >= 0.3 is 5.97 Å². The number of amides is 2. The molecule has 1 aromatic carbocycles. The van der Waals surface area contributed by atoms with Crippen LogP contribution in [0, 0.1) is 0 Å². The van der Waals surface area contributed by atoms with E-state index in [0.717, 1.165) is 22.7 Å². The fraction of sp³-hybridized carbons (Fsp3) is 0.190. The molecule has 7 nitrogen and oxygen atoms in total. The number of esters is 1. The highest BCUT2D eigenvalue weighted by Crippen LogP contribution is 2.24. The van der Waals surface area contributed by atoms with Crippen LogP contribution in [0.15, 0.2) is 58.3 Å². The van der Waals surface area contributed by atoms with Crippen LogP contribution in [-0.2, 0) is 20.7 Å². The largest absolute Gasteiger partial charge is 0.461 e. The molecular formula is C21H20N2O5S. The Morgan fingerprint density at radius 2 is 1.90 bits per heavy atom. The first-order valence-corrected chi connectivity index (χ1v) is 9.84. The van der Waals surface area contributed by atoms with Gasteiger partial charge in [-0.1, -0.05) is 30.3 Å². The van der Waals surface area contributed by atoms with Crippen LogP contribution in [0.2, 0.25) is 0 Å². The number of furan rings is 1. The predicted octanol–water partition coefficient (Wildman–Crippen LogP) is 3.61. The third kappa shape index (κ3) is 5.32. The van der Waals surface area contributed by atoms with Crippen molar-refractivity contribution < 1.29 is 23.5 Å². The summed E-state index contributed by atoms with van der Waals surface area (Å²) in [4.78, 5) is 35.6. The van der Waals surface area contributed by atoms with E-state index in [1.165, 1.54) is 13.0 Å². The molecule has 0 radical (unpaired) electrons. The number of hydrogen-bond acceptors (Lipinski definition) is 6. The summed E-state index contributed by atoms with van der Waals surface area (Å²) >= 11 is 1.16. The van der Waals surface area contributed by atoms with E-state index in [1.54, 1.807) is 5.38 Å². The average molecular weight is 412 g/mol. The molecule has 0 saturated heterocycles. The van der Waals surface area contributed by atoms with Crippen LogP contribution in [0.25, 0.3) is 11.3 Å². The Morgan fingerprint density at radius 1 is 1.14 bits per heavy atom. The highest BCUT2D eigenvalue weighted by molar-refractivity contribution is 7.14. The fourth-order valence-corrected chi connectivity index (χ4v) is 3.41. The number of aryl methyl sites for hydroxylation is 1. The minimum absolute atomic E-state index is 0.0743. The summed E-state index contributed by atoms with van der Waals surface area (Å²) in [6.45, 7) is 1.46. The van der Waals surface area contributed by atoms with E-state index >= 15 is 0 Å². The van der Waals surface area contributed by atoms with Gasteiger partial charge in [-0.2, -0.15) is 0 Å². The van der Waals surface area contributed by atoms with Crippen molar-refractivity contribution in [2.24, 2.45) is 5.73 Å². The van der Waals surface area contributed by atoms with Gasteiger partial charge in [-0.3, -0.25) is 14.4 Å². The number of carbonyl (C=O) groups excluding carboxylic acids is 3. The number of nitrogens with two attached hydrogens (primary N) is 1. The lowest BCUT2D eigenvalue weighted by atomic mass is 10.2. The smallest absolute Gasteiger partial charge is 0.307 e. The Labute approximate surface area is 171 Å². The minimum Gasteiger partial charge on any atom is -0.461 e. The Bertz CT molecular complexity index is 1010. The molecule has 0 unspecified atom stereocenters. The zero-order valence-corrected chi connectivity index (χ0v) is 16.5. The number of anilines is 1. The van der Waals surface area contributed by atoms with Gasteiger partial charge in [-0.25, -0.2) is 0 Å². The van der Waals surface area contributed by atoms with Crippen molar-refractivity contribution in [2.75, 3.05) is 5.32 Å². The number of ether oxygens (including phenoxy) is 1. The average Bonchev–Trinajstić information content (AvgIpc) is 3.36. The molecule has 2 aromatic heterocycles. The molecule has 0 bridgehead atoms. The molecule has 150 valence electrons. The van der Waals surface area contributed by atoms with Crippen LogP contribution >= 0.6 is 11.3 Å². The Hall–Kier alpha value is -3.39. The van der Waals surface area contributed by atoms with Gasteiger partial charge in [0.2, 0.25) is 0 Å². The van der Waals surface area contributed by atoms with Gasteiger partial charge in [0, 0.05) is 12.0 Å². The maximum Gasteiger partial charge on any atom is 0.307 e. The van der Waals surface area contributed by atoms with Crippen LogP contribution in [0.3, 0.4) is 0 Å². The van der Waals surface area contributed by atoms with Gasteiger partial charge < -0.3 is 20.2 Å². The maximum atomic E-state index is 12.2. The summed E-state index contributed by atoms with van der Waals surface area (Å²) in [5.74, 6) is -0.315. The Kier molecular flexibility index (Phi) is 6.46. The topological polar surface area (TPSA) is 112 Å². The molecule has 0 spiro atoms. The van der Waals surface area contributed by atoms with Crippen molar-refractivity contribution >= 4 is 34.1 Å². The number of hydrogen-bond donors (Lipinski definition) is 2. The molecule has 3 N–H and O–H groups in total. The monoisotopic (exact) mass is 412 g/mol. The van der Waals surface area contributed by atoms with Crippen LogP contribution in [0.5, 0.6) is 0 Å². The van der Waals surface area contributed by atoms with E-state index in [4.69, 9.17) is 14.9 Å². The third-order valence-electron chi connectivity index (χ3n) is 4.14. The zero-order valence-electron chi connectivity index (χ0n) is 15.7. The molecule has 2 heterocycles. The fourth-order valence-electron chi connectivity index (χ4n) is 2.62. The van der Waals surface area contributed by atoms with E-state index < -0.39 is 23.9 Å². The summed E-state index contributed by atoms with van der Waals surface area (Å²) in [6, 6.07) is 14.8. The Morgan fingerprint density at radius 3 is 2.62 bits per heavy atom. The van der Waals surface area contributed by atoms with Gasteiger partial charge in [0.25, 0.3) is 11.8 Å². The van der Waals surface area contributed by atoms with Crippen molar-refractivity contribution in [3.63, 3.8) is 0 Å². The number of benzene rings is 1. The summed E-state index contributed by atoms with van der Waals surface area (Å²) in [7, 11) is 0. The first-order chi connectivity index (χ1) is 13.9. The quantitative estimate of drug-likeness (QED) is 0.549. The first kappa shape index (κ1) is 20.3. The predicted molar refractivity (Wildman–Crippen MR) is 109 cm³/mol. The van der Waals surface area contributed by atoms with Gasteiger partial charge in [-0.15, -0.1) is 11.3 Å². The lowest BCUT2D eigenvalue weighted by molar-refractivity contribution is -0.153. The standard InChI is InChI=1S/C21H20N2O5S/c1-13(20(26)23-21-16(19(22)25)11-12-29-21)27-18(24)10-8-15-7-9-17(28-15)14-5-3-2-4-6-14/h2-7,9,11-13H,8,10H2,1H3,(H2,22,25)(H,23,26)/t13-/m1/s1. The van der Waals surface area contributed by atoms with E-state index in [9.17, 15) is 14.4 Å². The van der Waals surface area contributed by atoms with Crippen molar-refractivity contribution in [3.05, 3.63) is 65.2 Å². The molecular weight excluding hydrogens is 392 g/mol. The molecule has 0 aliphatic heterocycles. The summed E-state index contributed by atoms with van der Waals surface area (Å²) in [5, 5.41) is 4.52. The van der Waals surface area contributed by atoms with Crippen LogP contribution in [0.4, 0.5) is 5.00 Å². The molecule has 0 aliphatic carbocycles. The SMILES string of the molecule is C[C@@H](OC(=O)CCc1ccc(-c2ccccc2)o1)C(=O)Nc1sccc1C(N)=O. The van der Waals surface area contributed by atoms with E-state index in [-0.39, 0.29) is 12.0 Å². The van der Waals surface area contributed by atoms with Gasteiger partial charge in [0.15, 0.2) is 6.10 Å². The molecule has 2 amide bonds. The summed E-state index contributed by atoms with van der Waals surface area (Å²) in [5.41, 5.74) is 6.42. The lowest BCUT2D eigenvalue weighted by Gasteiger charge is -2.13. The number of thiophene rings is 1. The molecule has 0 saturated carbocycles. The molecule has 29 heavy (non-hydrogen) atoms. The molecule has 3 aromatic rings. The van der Waals surface area contributed by atoms with Gasteiger partial charge in [0.1, 0.15) is 16.5 Å². The van der Waals surface area contributed by atoms with Crippen molar-refractivity contribution in [3.8, 4) is 11.3 Å². The molecule has 1 atom stereocenters. The summed E-state index contributed by atoms with van der Waals surface area (Å²) < 4.78 is 10.9. The van der Waals surface area contributed by atoms with Crippen LogP contribution < -0.4 is 11.1 Å². The second-order valence-electron chi connectivity index (χ2n) is 6.28. The highest BCUT2D eigenvalue weighted by atomic mass is 32.1. The second kappa shape index (κ2) is 9.20. The van der Waals surface area contributed by atoms with Crippen molar-refractivity contribution in [1.82, 2.24) is 0 Å². The van der Waals surface area contributed by atoms with Gasteiger partial charge in [0.05, 0.1) is 12.0 Å². The minimum atomic E-state index is -1.01. The van der Waals surface area contributed by atoms with Gasteiger partial charge in [-0.05, 0) is 30.5 Å². The maximum absolute atomic E-state index is 12.2. The van der Waals surface area contributed by atoms with Crippen LogP contribution in [-0.4, -0.2) is 23.9 Å².